The number of aromatic nitrogens is 2. The maximum absolute atomic E-state index is 11.3. The summed E-state index contributed by atoms with van der Waals surface area (Å²) in [5.74, 6) is 0.635. The lowest BCUT2D eigenvalue weighted by molar-refractivity contribution is 0.606. The summed E-state index contributed by atoms with van der Waals surface area (Å²) in [7, 11) is 1.48. The van der Waals surface area contributed by atoms with Gasteiger partial charge in [0, 0.05) is 29.8 Å². The zero-order chi connectivity index (χ0) is 14.9. The minimum Gasteiger partial charge on any atom is -0.329 e. The van der Waals surface area contributed by atoms with E-state index in [2.05, 4.69) is 4.98 Å². The highest BCUT2D eigenvalue weighted by atomic mass is 35.7. The van der Waals surface area contributed by atoms with E-state index >= 15 is 0 Å². The molecule has 8 heteroatoms. The Hall–Kier alpha value is -0.750. The first-order chi connectivity index (χ1) is 9.31. The van der Waals surface area contributed by atoms with Crippen molar-refractivity contribution in [3.05, 3.63) is 45.8 Å². The van der Waals surface area contributed by atoms with Crippen LogP contribution in [0.2, 0.25) is 10.0 Å². The number of rotatable bonds is 4. The van der Waals surface area contributed by atoms with Crippen molar-refractivity contribution < 1.29 is 8.42 Å². The largest absolute Gasteiger partial charge is 0.329 e. The summed E-state index contributed by atoms with van der Waals surface area (Å²) in [5.41, 5.74) is 0.894. The second-order valence-corrected chi connectivity index (χ2v) is 7.49. The van der Waals surface area contributed by atoms with E-state index in [-0.39, 0.29) is 5.03 Å². The minimum absolute atomic E-state index is 0.143. The van der Waals surface area contributed by atoms with Crippen LogP contribution in [0.4, 0.5) is 0 Å². The van der Waals surface area contributed by atoms with E-state index in [0.29, 0.717) is 28.8 Å². The van der Waals surface area contributed by atoms with Crippen LogP contribution >= 0.6 is 33.9 Å². The van der Waals surface area contributed by atoms with Crippen LogP contribution in [0.5, 0.6) is 0 Å². The van der Waals surface area contributed by atoms with Gasteiger partial charge in [-0.3, -0.25) is 0 Å². The summed E-state index contributed by atoms with van der Waals surface area (Å²) in [6.45, 7) is 2.33. The molecule has 2 rings (SSSR count). The molecule has 20 heavy (non-hydrogen) atoms. The number of aryl methyl sites for hydroxylation is 1. The van der Waals surface area contributed by atoms with Gasteiger partial charge in [0.1, 0.15) is 5.82 Å². The Morgan fingerprint density at radius 1 is 1.25 bits per heavy atom. The average molecular weight is 354 g/mol. The molecule has 0 spiro atoms. The molecule has 1 aromatic heterocycles. The van der Waals surface area contributed by atoms with Gasteiger partial charge in [-0.15, -0.1) is 0 Å². The average Bonchev–Trinajstić information content (AvgIpc) is 2.77. The van der Waals surface area contributed by atoms with Crippen LogP contribution in [0, 0.1) is 0 Å². The first-order valence-corrected chi connectivity index (χ1v) is 8.82. The van der Waals surface area contributed by atoms with Crippen molar-refractivity contribution in [2.24, 2.45) is 0 Å². The Labute approximate surface area is 131 Å². The smallest absolute Gasteiger partial charge is 0.280 e. The number of nitrogens with zero attached hydrogens (tertiary/aromatic N) is 2. The highest BCUT2D eigenvalue weighted by molar-refractivity contribution is 8.13. The van der Waals surface area contributed by atoms with E-state index in [0.717, 1.165) is 5.56 Å². The van der Waals surface area contributed by atoms with Crippen molar-refractivity contribution in [1.29, 1.82) is 0 Å². The van der Waals surface area contributed by atoms with Gasteiger partial charge in [-0.25, -0.2) is 13.4 Å². The maximum atomic E-state index is 11.3. The third-order valence-electron chi connectivity index (χ3n) is 2.74. The molecule has 0 amide bonds. The lowest BCUT2D eigenvalue weighted by atomic mass is 10.2. The predicted octanol–water partition coefficient (Wildman–Crippen LogP) is 3.73. The minimum atomic E-state index is -3.83. The zero-order valence-electron chi connectivity index (χ0n) is 10.5. The van der Waals surface area contributed by atoms with Crippen molar-refractivity contribution in [1.82, 2.24) is 9.55 Å². The molecule has 2 aromatic rings. The molecule has 1 heterocycles. The molecule has 0 N–H and O–H groups in total. The molecule has 0 unspecified atom stereocenters. The Bertz CT molecular complexity index is 741. The SMILES string of the molecule is CCc1nc(S(=O)(=O)Cl)cn1Cc1ccc(Cl)c(Cl)c1. The fraction of sp³-hybridized carbons (Fsp3) is 0.250. The highest BCUT2D eigenvalue weighted by Crippen LogP contribution is 2.24. The third-order valence-corrected chi connectivity index (χ3v) is 4.65. The molecule has 0 aliphatic carbocycles. The van der Waals surface area contributed by atoms with Gasteiger partial charge in [0.25, 0.3) is 9.05 Å². The summed E-state index contributed by atoms with van der Waals surface area (Å²) < 4.78 is 24.4. The molecule has 0 atom stereocenters. The van der Waals surface area contributed by atoms with Crippen molar-refractivity contribution in [2.75, 3.05) is 0 Å². The lowest BCUT2D eigenvalue weighted by Crippen LogP contribution is -2.03. The van der Waals surface area contributed by atoms with Gasteiger partial charge in [0.2, 0.25) is 0 Å². The second-order valence-electron chi connectivity index (χ2n) is 4.16. The van der Waals surface area contributed by atoms with Crippen LogP contribution in [0.15, 0.2) is 29.4 Å². The second kappa shape index (κ2) is 5.93. The van der Waals surface area contributed by atoms with E-state index in [9.17, 15) is 8.42 Å². The van der Waals surface area contributed by atoms with E-state index in [1.165, 1.54) is 6.20 Å². The molecular formula is C12H11Cl3N2O2S. The van der Waals surface area contributed by atoms with Crippen LogP contribution < -0.4 is 0 Å². The molecule has 0 saturated carbocycles. The Morgan fingerprint density at radius 2 is 1.95 bits per heavy atom. The van der Waals surface area contributed by atoms with Crippen LogP contribution in [0.3, 0.4) is 0 Å². The number of benzene rings is 1. The highest BCUT2D eigenvalue weighted by Gasteiger charge is 2.17. The van der Waals surface area contributed by atoms with Crippen molar-refractivity contribution in [3.8, 4) is 0 Å². The zero-order valence-corrected chi connectivity index (χ0v) is 13.6. The monoisotopic (exact) mass is 352 g/mol. The van der Waals surface area contributed by atoms with E-state index < -0.39 is 9.05 Å². The van der Waals surface area contributed by atoms with Crippen LogP contribution in [0.25, 0.3) is 0 Å². The summed E-state index contributed by atoms with van der Waals surface area (Å²) in [6.07, 6.45) is 2.01. The fourth-order valence-corrected chi connectivity index (χ4v) is 2.81. The summed E-state index contributed by atoms with van der Waals surface area (Å²) in [5, 5.41) is 0.782. The van der Waals surface area contributed by atoms with Crippen molar-refractivity contribution >= 4 is 42.9 Å². The lowest BCUT2D eigenvalue weighted by Gasteiger charge is -2.07. The predicted molar refractivity (Wildman–Crippen MR) is 80.2 cm³/mol. The number of imidazole rings is 1. The van der Waals surface area contributed by atoms with Gasteiger partial charge in [0.05, 0.1) is 10.0 Å². The summed E-state index contributed by atoms with van der Waals surface area (Å²) in [4.78, 5) is 4.02. The van der Waals surface area contributed by atoms with Gasteiger partial charge >= 0.3 is 0 Å². The number of halogens is 3. The Morgan fingerprint density at radius 3 is 2.50 bits per heavy atom. The molecule has 0 saturated heterocycles. The Kier molecular flexibility index (Phi) is 4.64. The van der Waals surface area contributed by atoms with Gasteiger partial charge in [-0.05, 0) is 17.7 Å². The molecule has 0 aliphatic heterocycles. The first kappa shape index (κ1) is 15.6. The normalized spacial score (nSPS) is 11.8. The molecule has 0 radical (unpaired) electrons. The van der Waals surface area contributed by atoms with Crippen LogP contribution in [-0.4, -0.2) is 18.0 Å². The van der Waals surface area contributed by atoms with Gasteiger partial charge in [-0.2, -0.15) is 0 Å². The standard InChI is InChI=1S/C12H11Cl3N2O2S/c1-2-11-16-12(20(15,18)19)7-17(11)6-8-3-4-9(13)10(14)5-8/h3-5,7H,2,6H2,1H3. The molecule has 1 aromatic carbocycles. The number of hydrogen-bond acceptors (Lipinski definition) is 3. The van der Waals surface area contributed by atoms with Crippen molar-refractivity contribution in [3.63, 3.8) is 0 Å². The van der Waals surface area contributed by atoms with Gasteiger partial charge < -0.3 is 4.57 Å². The summed E-state index contributed by atoms with van der Waals surface area (Å²) >= 11 is 11.8. The quantitative estimate of drug-likeness (QED) is 0.787. The van der Waals surface area contributed by atoms with Crippen molar-refractivity contribution in [2.45, 2.75) is 24.9 Å². The number of hydrogen-bond donors (Lipinski definition) is 0. The molecule has 4 nitrogen and oxygen atoms in total. The first-order valence-electron chi connectivity index (χ1n) is 5.76. The molecule has 0 aliphatic rings. The maximum Gasteiger partial charge on any atom is 0.280 e. The topological polar surface area (TPSA) is 52.0 Å². The molecule has 108 valence electrons. The Balaban J connectivity index is 2.37. The van der Waals surface area contributed by atoms with Crippen LogP contribution in [-0.2, 0) is 22.0 Å². The third kappa shape index (κ3) is 3.47. The van der Waals surface area contributed by atoms with Gasteiger partial charge in [0.15, 0.2) is 5.03 Å². The fourth-order valence-electron chi connectivity index (χ4n) is 1.80. The molecule has 0 fully saturated rings. The van der Waals surface area contributed by atoms with Gasteiger partial charge in [-0.1, -0.05) is 36.2 Å². The van der Waals surface area contributed by atoms with E-state index in [4.69, 9.17) is 33.9 Å². The molecule has 0 bridgehead atoms. The van der Waals surface area contributed by atoms with E-state index in [1.54, 1.807) is 16.7 Å². The molecular weight excluding hydrogens is 343 g/mol. The summed E-state index contributed by atoms with van der Waals surface area (Å²) in [6, 6.07) is 5.25. The van der Waals surface area contributed by atoms with E-state index in [1.807, 2.05) is 13.0 Å². The van der Waals surface area contributed by atoms with Crippen LogP contribution in [0.1, 0.15) is 18.3 Å².